The van der Waals surface area contributed by atoms with Gasteiger partial charge in [-0.25, -0.2) is 4.98 Å². The highest BCUT2D eigenvalue weighted by molar-refractivity contribution is 5.90. The number of rotatable bonds is 6. The number of fused-ring (bicyclic) bond motifs is 1. The molecule has 1 aromatic heterocycles. The molecular weight excluding hydrogens is 360 g/mol. The molecule has 0 unspecified atom stereocenters. The van der Waals surface area contributed by atoms with Gasteiger partial charge in [0.2, 0.25) is 5.95 Å². The number of benzene rings is 3. The van der Waals surface area contributed by atoms with E-state index in [9.17, 15) is 0 Å². The van der Waals surface area contributed by atoms with E-state index in [1.165, 1.54) is 5.56 Å². The van der Waals surface area contributed by atoms with Crippen molar-refractivity contribution in [3.63, 3.8) is 0 Å². The Morgan fingerprint density at radius 1 is 0.897 bits per heavy atom. The summed E-state index contributed by atoms with van der Waals surface area (Å²) in [6.07, 6.45) is 0. The third-order valence-corrected chi connectivity index (χ3v) is 4.88. The fourth-order valence-corrected chi connectivity index (χ4v) is 3.29. The van der Waals surface area contributed by atoms with Gasteiger partial charge in [-0.05, 0) is 49.2 Å². The van der Waals surface area contributed by atoms with E-state index in [0.717, 1.165) is 39.3 Å². The van der Waals surface area contributed by atoms with Crippen LogP contribution in [0.15, 0.2) is 66.7 Å². The molecule has 5 nitrogen and oxygen atoms in total. The Bertz CT molecular complexity index is 1160. The molecule has 0 atom stereocenters. The first kappa shape index (κ1) is 18.7. The summed E-state index contributed by atoms with van der Waals surface area (Å²) in [6.45, 7) is 4.75. The Balaban J connectivity index is 1.68. The molecule has 0 fully saturated rings. The monoisotopic (exact) mass is 384 g/mol. The molecule has 2 N–H and O–H groups in total. The maximum absolute atomic E-state index is 5.46. The molecule has 0 saturated carbocycles. The molecule has 0 spiro atoms. The molecule has 0 saturated heterocycles. The number of ether oxygens (including phenoxy) is 1. The van der Waals surface area contributed by atoms with E-state index in [1.807, 2.05) is 48.5 Å². The first-order chi connectivity index (χ1) is 14.1. The molecule has 4 aromatic rings. The molecule has 0 amide bonds. The standard InChI is InChI=1S/C24H24N4O/c1-16-12-13-17(2)21(14-16)27-24-26-20-10-6-5-9-19(20)23(28-24)25-15-18-8-4-7-11-22(18)29-3/h4-14H,15H2,1-3H3,(H2,25,26,27,28). The molecule has 0 aliphatic carbocycles. The fraction of sp³-hybridized carbons (Fsp3) is 0.167. The average molecular weight is 384 g/mol. The third kappa shape index (κ3) is 4.14. The molecule has 0 aliphatic rings. The van der Waals surface area contributed by atoms with Crippen LogP contribution < -0.4 is 15.4 Å². The fourth-order valence-electron chi connectivity index (χ4n) is 3.29. The third-order valence-electron chi connectivity index (χ3n) is 4.88. The predicted octanol–water partition coefficient (Wildman–Crippen LogP) is 5.61. The number of aryl methyl sites for hydroxylation is 2. The number of anilines is 3. The lowest BCUT2D eigenvalue weighted by Crippen LogP contribution is -2.07. The lowest BCUT2D eigenvalue weighted by Gasteiger charge is -2.14. The molecule has 29 heavy (non-hydrogen) atoms. The number of hydrogen-bond acceptors (Lipinski definition) is 5. The van der Waals surface area contributed by atoms with Crippen LogP contribution in [0.2, 0.25) is 0 Å². The Labute approximate surface area is 170 Å². The Morgan fingerprint density at radius 2 is 1.69 bits per heavy atom. The summed E-state index contributed by atoms with van der Waals surface area (Å²) in [6, 6.07) is 22.3. The predicted molar refractivity (Wildman–Crippen MR) is 119 cm³/mol. The van der Waals surface area contributed by atoms with Gasteiger partial charge in [-0.2, -0.15) is 4.98 Å². The van der Waals surface area contributed by atoms with Crippen LogP contribution in [0.3, 0.4) is 0 Å². The maximum Gasteiger partial charge on any atom is 0.229 e. The quantitative estimate of drug-likeness (QED) is 0.452. The van der Waals surface area contributed by atoms with Crippen molar-refractivity contribution in [1.29, 1.82) is 0 Å². The van der Waals surface area contributed by atoms with Gasteiger partial charge in [0.1, 0.15) is 11.6 Å². The van der Waals surface area contributed by atoms with Crippen molar-refractivity contribution in [3.05, 3.63) is 83.4 Å². The maximum atomic E-state index is 5.46. The molecule has 3 aromatic carbocycles. The van der Waals surface area contributed by atoms with Gasteiger partial charge in [-0.3, -0.25) is 0 Å². The molecule has 0 bridgehead atoms. The minimum absolute atomic E-state index is 0.569. The molecular formula is C24H24N4O. The molecule has 146 valence electrons. The van der Waals surface area contributed by atoms with Crippen molar-refractivity contribution in [3.8, 4) is 5.75 Å². The minimum atomic E-state index is 0.569. The second kappa shape index (κ2) is 8.19. The van der Waals surface area contributed by atoms with Crippen molar-refractivity contribution in [2.45, 2.75) is 20.4 Å². The van der Waals surface area contributed by atoms with E-state index in [-0.39, 0.29) is 0 Å². The van der Waals surface area contributed by atoms with Gasteiger partial charge in [0, 0.05) is 23.2 Å². The van der Waals surface area contributed by atoms with Crippen molar-refractivity contribution >= 4 is 28.4 Å². The SMILES string of the molecule is COc1ccccc1CNc1nc(Nc2cc(C)ccc2C)nc2ccccc12. The normalized spacial score (nSPS) is 10.7. The van der Waals surface area contributed by atoms with Crippen LogP contribution in [0.25, 0.3) is 10.9 Å². The Kier molecular flexibility index (Phi) is 5.29. The average Bonchev–Trinajstić information content (AvgIpc) is 2.75. The van der Waals surface area contributed by atoms with Crippen molar-refractivity contribution in [2.24, 2.45) is 0 Å². The van der Waals surface area contributed by atoms with Gasteiger partial charge in [-0.1, -0.05) is 42.5 Å². The number of hydrogen-bond donors (Lipinski definition) is 2. The van der Waals surface area contributed by atoms with Crippen LogP contribution in [-0.4, -0.2) is 17.1 Å². The van der Waals surface area contributed by atoms with Crippen molar-refractivity contribution in [1.82, 2.24) is 9.97 Å². The number of aromatic nitrogens is 2. The summed E-state index contributed by atoms with van der Waals surface area (Å²) in [5, 5.41) is 7.82. The Hall–Kier alpha value is -3.60. The zero-order valence-electron chi connectivity index (χ0n) is 16.9. The van der Waals surface area contributed by atoms with Crippen molar-refractivity contribution < 1.29 is 4.74 Å². The van der Waals surface area contributed by atoms with Crippen LogP contribution in [0.4, 0.5) is 17.5 Å². The molecule has 0 radical (unpaired) electrons. The number of nitrogens with zero attached hydrogens (tertiary/aromatic N) is 2. The zero-order chi connectivity index (χ0) is 20.2. The lowest BCUT2D eigenvalue weighted by molar-refractivity contribution is 0.410. The van der Waals surface area contributed by atoms with Crippen molar-refractivity contribution in [2.75, 3.05) is 17.7 Å². The highest BCUT2D eigenvalue weighted by Crippen LogP contribution is 2.26. The second-order valence-electron chi connectivity index (χ2n) is 7.02. The van der Waals surface area contributed by atoms with E-state index < -0.39 is 0 Å². The van der Waals surface area contributed by atoms with E-state index >= 15 is 0 Å². The van der Waals surface area contributed by atoms with Crippen LogP contribution in [-0.2, 0) is 6.54 Å². The van der Waals surface area contributed by atoms with Crippen LogP contribution in [0.5, 0.6) is 5.75 Å². The van der Waals surface area contributed by atoms with Gasteiger partial charge in [0.05, 0.1) is 12.6 Å². The van der Waals surface area contributed by atoms with E-state index in [4.69, 9.17) is 14.7 Å². The summed E-state index contributed by atoms with van der Waals surface area (Å²) in [7, 11) is 1.69. The van der Waals surface area contributed by atoms with Crippen LogP contribution >= 0.6 is 0 Å². The number of nitrogens with one attached hydrogen (secondary N) is 2. The topological polar surface area (TPSA) is 59.1 Å². The van der Waals surface area contributed by atoms with Gasteiger partial charge in [-0.15, -0.1) is 0 Å². The minimum Gasteiger partial charge on any atom is -0.496 e. The number of methoxy groups -OCH3 is 1. The van der Waals surface area contributed by atoms with Gasteiger partial charge in [0.15, 0.2) is 0 Å². The van der Waals surface area contributed by atoms with E-state index in [2.05, 4.69) is 42.7 Å². The van der Waals surface area contributed by atoms with Crippen LogP contribution in [0.1, 0.15) is 16.7 Å². The van der Waals surface area contributed by atoms with Gasteiger partial charge < -0.3 is 15.4 Å². The van der Waals surface area contributed by atoms with Crippen LogP contribution in [0, 0.1) is 13.8 Å². The lowest BCUT2D eigenvalue weighted by atomic mass is 10.1. The first-order valence-electron chi connectivity index (χ1n) is 9.61. The van der Waals surface area contributed by atoms with Gasteiger partial charge in [0.25, 0.3) is 0 Å². The number of para-hydroxylation sites is 2. The Morgan fingerprint density at radius 3 is 2.55 bits per heavy atom. The smallest absolute Gasteiger partial charge is 0.229 e. The molecule has 1 heterocycles. The van der Waals surface area contributed by atoms with E-state index in [0.29, 0.717) is 12.5 Å². The summed E-state index contributed by atoms with van der Waals surface area (Å²) >= 11 is 0. The summed E-state index contributed by atoms with van der Waals surface area (Å²) < 4.78 is 5.46. The summed E-state index contributed by atoms with van der Waals surface area (Å²) in [5.41, 5.74) is 5.31. The molecule has 5 heteroatoms. The zero-order valence-corrected chi connectivity index (χ0v) is 16.9. The highest BCUT2D eigenvalue weighted by Gasteiger charge is 2.10. The van der Waals surface area contributed by atoms with E-state index in [1.54, 1.807) is 7.11 Å². The largest absolute Gasteiger partial charge is 0.496 e. The molecule has 4 rings (SSSR count). The molecule has 0 aliphatic heterocycles. The summed E-state index contributed by atoms with van der Waals surface area (Å²) in [4.78, 5) is 9.47. The van der Waals surface area contributed by atoms with Gasteiger partial charge >= 0.3 is 0 Å². The summed E-state index contributed by atoms with van der Waals surface area (Å²) in [5.74, 6) is 2.21. The highest BCUT2D eigenvalue weighted by atomic mass is 16.5. The second-order valence-corrected chi connectivity index (χ2v) is 7.02. The first-order valence-corrected chi connectivity index (χ1v) is 9.61.